The van der Waals surface area contributed by atoms with E-state index in [-0.39, 0.29) is 58.0 Å². The lowest BCUT2D eigenvalue weighted by Crippen LogP contribution is -2.53. The first kappa shape index (κ1) is 61.2. The van der Waals surface area contributed by atoms with Gasteiger partial charge < -0.3 is 44.0 Å². The van der Waals surface area contributed by atoms with Crippen LogP contribution in [0.25, 0.3) is 11.3 Å². The number of allylic oxidation sites excluding steroid dienone is 1. The molecule has 434 valence electrons. The quantitative estimate of drug-likeness (QED) is 0.0308. The molecule has 0 radical (unpaired) electrons. The minimum atomic E-state index is -3.73. The van der Waals surface area contributed by atoms with Gasteiger partial charge in [0, 0.05) is 24.1 Å². The number of fused-ring (bicyclic) bond motifs is 5. The van der Waals surface area contributed by atoms with Gasteiger partial charge in [-0.2, -0.15) is 0 Å². The summed E-state index contributed by atoms with van der Waals surface area (Å²) in [6.07, 6.45) is 19.9. The maximum absolute atomic E-state index is 13.1. The minimum Gasteiger partial charge on any atom is -0.393 e. The summed E-state index contributed by atoms with van der Waals surface area (Å²) in [5.41, 5.74) is 3.99. The van der Waals surface area contributed by atoms with Crippen LogP contribution in [0.3, 0.4) is 0 Å². The second-order valence-corrected chi connectivity index (χ2v) is 25.7. The van der Waals surface area contributed by atoms with Gasteiger partial charge in [0.1, 0.15) is 5.69 Å². The van der Waals surface area contributed by atoms with Crippen molar-refractivity contribution >= 4 is 44.6 Å². The largest absolute Gasteiger partial charge is 0.393 e. The number of aliphatic hydroxyl groups is 2. The first-order valence-corrected chi connectivity index (χ1v) is 31.0. The molecule has 0 spiro atoms. The van der Waals surface area contributed by atoms with Crippen molar-refractivity contribution in [1.82, 2.24) is 20.0 Å². The summed E-state index contributed by atoms with van der Waals surface area (Å²) in [5, 5.41) is 34.0. The molecule has 3 fully saturated rings. The van der Waals surface area contributed by atoms with E-state index in [0.29, 0.717) is 106 Å². The fourth-order valence-electron chi connectivity index (χ4n) is 13.4. The van der Waals surface area contributed by atoms with Gasteiger partial charge in [0.25, 0.3) is 5.91 Å². The van der Waals surface area contributed by atoms with Gasteiger partial charge >= 0.3 is 0 Å². The SMILES string of the molecule is CC(O)(CCCCCCOCCOCc1cn(CCOCCOCCOCCOCCS(=O)(=O)c2ccc(C(=O)Nc3ccc(Cl)c(-c4ccccn4)c3)c(Cl)c2)nn1)C1CC[C@H]2[C@@H]3CC=C4C[C@@H](O)CC[C@]4(C)[C@H]3CC[C@]12C. The molecule has 8 rings (SSSR count). The van der Waals surface area contributed by atoms with E-state index in [9.17, 15) is 23.4 Å². The molecule has 3 N–H and O–H groups in total. The lowest BCUT2D eigenvalue weighted by Gasteiger charge is -2.59. The number of carbonyl (C=O) groups is 1. The van der Waals surface area contributed by atoms with Crippen LogP contribution in [0, 0.1) is 34.5 Å². The van der Waals surface area contributed by atoms with Gasteiger partial charge in [-0.1, -0.05) is 79.2 Å². The highest BCUT2D eigenvalue weighted by molar-refractivity contribution is 7.91. The number of ether oxygens (including phenoxy) is 6. The van der Waals surface area contributed by atoms with Crippen molar-refractivity contribution in [3.8, 4) is 11.3 Å². The number of nitrogens with one attached hydrogen (secondary N) is 1. The lowest BCUT2D eigenvalue weighted by molar-refractivity contribution is -0.105. The lowest BCUT2D eigenvalue weighted by atomic mass is 9.46. The van der Waals surface area contributed by atoms with Crippen molar-refractivity contribution in [3.63, 3.8) is 0 Å². The number of rotatable bonds is 32. The number of aliphatic hydroxyl groups excluding tert-OH is 1. The van der Waals surface area contributed by atoms with Crippen LogP contribution in [-0.2, 0) is 51.4 Å². The third-order valence-electron chi connectivity index (χ3n) is 17.5. The molecule has 19 heteroatoms. The summed E-state index contributed by atoms with van der Waals surface area (Å²) in [5.74, 6) is 1.71. The number of anilines is 1. The number of hydrogen-bond donors (Lipinski definition) is 3. The molecule has 8 atom stereocenters. The summed E-state index contributed by atoms with van der Waals surface area (Å²) < 4.78 is 61.6. The highest BCUT2D eigenvalue weighted by Crippen LogP contribution is 2.67. The Bertz CT molecular complexity index is 2730. The zero-order valence-corrected chi connectivity index (χ0v) is 48.8. The maximum Gasteiger partial charge on any atom is 0.257 e. The number of carbonyl (C=O) groups excluding carboxylic acids is 1. The van der Waals surface area contributed by atoms with E-state index in [1.165, 1.54) is 43.0 Å². The molecule has 1 amide bonds. The Labute approximate surface area is 477 Å². The third-order valence-corrected chi connectivity index (χ3v) is 19.9. The molecule has 0 aliphatic heterocycles. The number of unbranched alkanes of at least 4 members (excludes halogenated alkanes) is 3. The Morgan fingerprint density at radius 3 is 2.27 bits per heavy atom. The van der Waals surface area contributed by atoms with Gasteiger partial charge in [0.05, 0.1) is 129 Å². The average Bonchev–Trinajstić information content (AvgIpc) is 4.00. The minimum absolute atomic E-state index is 0.00509. The maximum atomic E-state index is 13.1. The van der Waals surface area contributed by atoms with Gasteiger partial charge in [0.15, 0.2) is 9.84 Å². The van der Waals surface area contributed by atoms with Crippen molar-refractivity contribution in [3.05, 3.63) is 99.9 Å². The molecule has 2 unspecified atom stereocenters. The second-order valence-electron chi connectivity index (χ2n) is 22.8. The molecule has 4 aromatic rings. The molecule has 3 saturated carbocycles. The Morgan fingerprint density at radius 1 is 0.797 bits per heavy atom. The molecular weight excluding hydrogens is 1070 g/mol. The molecule has 4 aliphatic rings. The molecule has 2 aromatic carbocycles. The normalized spacial score (nSPS) is 24.5. The molecule has 2 aromatic heterocycles. The van der Waals surface area contributed by atoms with Crippen LogP contribution in [-0.4, -0.2) is 135 Å². The monoisotopic (exact) mass is 1150 g/mol. The summed E-state index contributed by atoms with van der Waals surface area (Å²) in [7, 11) is -3.73. The number of hydrogen-bond acceptors (Lipinski definition) is 14. The summed E-state index contributed by atoms with van der Waals surface area (Å²) in [4.78, 5) is 17.4. The highest BCUT2D eigenvalue weighted by atomic mass is 35.5. The molecule has 0 bridgehead atoms. The van der Waals surface area contributed by atoms with E-state index in [1.807, 2.05) is 18.3 Å². The van der Waals surface area contributed by atoms with Crippen LogP contribution in [0.2, 0.25) is 10.0 Å². The Balaban J connectivity index is 0.582. The highest BCUT2D eigenvalue weighted by Gasteiger charge is 2.61. The molecule has 4 aliphatic carbocycles. The fraction of sp³-hybridized carbons (Fsp3) is 0.633. The summed E-state index contributed by atoms with van der Waals surface area (Å²) in [6.45, 7) is 12.2. The van der Waals surface area contributed by atoms with Gasteiger partial charge in [0.2, 0.25) is 0 Å². The van der Waals surface area contributed by atoms with Crippen LogP contribution >= 0.6 is 23.2 Å². The number of benzene rings is 2. The Kier molecular flexibility index (Phi) is 22.4. The van der Waals surface area contributed by atoms with Crippen molar-refractivity contribution in [2.75, 3.05) is 83.7 Å². The van der Waals surface area contributed by atoms with Crippen molar-refractivity contribution in [2.24, 2.45) is 34.5 Å². The topological polar surface area (TPSA) is 203 Å². The average molecular weight is 1150 g/mol. The van der Waals surface area contributed by atoms with Crippen molar-refractivity contribution < 1.29 is 51.8 Å². The standard InChI is InChI=1S/C60H83Cl2N5O11S/c1-58-22-19-46(68)38-43(58)11-14-48-51-16-18-56(59(51,2)23-20-52(48)58)60(3,70)21-7-4-5-9-26-73-34-35-78-42-45-41-67(66-65-45)25-27-74-28-29-75-30-31-76-32-33-77-36-37-79(71,72)47-13-15-49(54(62)40-47)57(69)64-44-12-17-53(61)50(39-44)55-10-6-8-24-63-55/h6,8,10-13,15,17,24,39-41,46,48,51-52,56,68,70H,4-5,7,9,14,16,18-23,25-38,42H2,1-3H3,(H,64,69)/t46-,48-,51-,52-,56?,58-,59-,60?/m0/s1. The summed E-state index contributed by atoms with van der Waals surface area (Å²) >= 11 is 12.8. The summed E-state index contributed by atoms with van der Waals surface area (Å²) in [6, 6.07) is 14.5. The number of nitrogens with zero attached hydrogens (tertiary/aromatic N) is 4. The third kappa shape index (κ3) is 16.2. The van der Waals surface area contributed by atoms with Crippen LogP contribution < -0.4 is 5.32 Å². The number of aromatic nitrogens is 4. The van der Waals surface area contributed by atoms with Gasteiger partial charge in [-0.25, -0.2) is 13.1 Å². The second kappa shape index (κ2) is 28.9. The number of amides is 1. The van der Waals surface area contributed by atoms with E-state index in [4.69, 9.17) is 51.6 Å². The predicted octanol–water partition coefficient (Wildman–Crippen LogP) is 10.6. The van der Waals surface area contributed by atoms with E-state index in [1.54, 1.807) is 35.1 Å². The molecule has 16 nitrogen and oxygen atoms in total. The van der Waals surface area contributed by atoms with Crippen LogP contribution in [0.4, 0.5) is 5.69 Å². The fourth-order valence-corrected chi connectivity index (χ4v) is 15.1. The first-order valence-electron chi connectivity index (χ1n) is 28.6. The van der Waals surface area contributed by atoms with E-state index < -0.39 is 21.3 Å². The zero-order chi connectivity index (χ0) is 55.9. The van der Waals surface area contributed by atoms with Crippen LogP contribution in [0.15, 0.2) is 83.5 Å². The molecule has 2 heterocycles. The Hall–Kier alpha value is -3.85. The molecule has 79 heavy (non-hydrogen) atoms. The molecular formula is C60H83Cl2N5O11S. The van der Waals surface area contributed by atoms with Gasteiger partial charge in [-0.15, -0.1) is 5.10 Å². The van der Waals surface area contributed by atoms with Gasteiger partial charge in [-0.05, 0) is 154 Å². The van der Waals surface area contributed by atoms with E-state index in [2.05, 4.69) is 47.5 Å². The van der Waals surface area contributed by atoms with Crippen LogP contribution in [0.1, 0.15) is 120 Å². The zero-order valence-electron chi connectivity index (χ0n) is 46.4. The van der Waals surface area contributed by atoms with Crippen LogP contribution in [0.5, 0.6) is 0 Å². The van der Waals surface area contributed by atoms with Crippen molar-refractivity contribution in [2.45, 2.75) is 134 Å². The van der Waals surface area contributed by atoms with Crippen molar-refractivity contribution in [1.29, 1.82) is 0 Å². The predicted molar refractivity (Wildman–Crippen MR) is 305 cm³/mol. The smallest absolute Gasteiger partial charge is 0.257 e. The first-order chi connectivity index (χ1) is 38.1. The Morgan fingerprint density at radius 2 is 1.52 bits per heavy atom. The number of halogens is 2. The van der Waals surface area contributed by atoms with E-state index >= 15 is 0 Å². The molecule has 0 saturated heterocycles. The number of pyridine rings is 1. The van der Waals surface area contributed by atoms with Gasteiger partial charge in [-0.3, -0.25) is 9.78 Å². The van der Waals surface area contributed by atoms with E-state index in [0.717, 1.165) is 75.8 Å². The number of sulfone groups is 1.